The molecular weight excluding hydrogens is 346 g/mol. The molecule has 4 nitrogen and oxygen atoms in total. The molecule has 0 aliphatic carbocycles. The van der Waals surface area contributed by atoms with E-state index in [1.54, 1.807) is 0 Å². The zero-order valence-corrected chi connectivity index (χ0v) is 16.1. The molecule has 1 fully saturated rings. The molecule has 2 atom stereocenters. The Labute approximate surface area is 160 Å². The lowest BCUT2D eigenvalue weighted by Gasteiger charge is -2.37. The molecule has 0 radical (unpaired) electrons. The highest BCUT2D eigenvalue weighted by molar-refractivity contribution is 6.30. The zero-order chi connectivity index (χ0) is 18.5. The number of nitrogens with zero attached hydrogens (tertiary/aromatic N) is 2. The highest BCUT2D eigenvalue weighted by Gasteiger charge is 2.26. The molecule has 1 aliphatic heterocycles. The van der Waals surface area contributed by atoms with Crippen LogP contribution in [0.15, 0.2) is 54.6 Å². The molecule has 3 rings (SSSR count). The van der Waals surface area contributed by atoms with Gasteiger partial charge in [-0.15, -0.1) is 0 Å². The fourth-order valence-electron chi connectivity index (χ4n) is 3.42. The van der Waals surface area contributed by atoms with Gasteiger partial charge in [-0.25, -0.2) is 0 Å². The quantitative estimate of drug-likeness (QED) is 0.869. The van der Waals surface area contributed by atoms with Gasteiger partial charge in [-0.1, -0.05) is 41.9 Å². The lowest BCUT2D eigenvalue weighted by atomic mass is 10.1. The van der Waals surface area contributed by atoms with Crippen LogP contribution >= 0.6 is 11.6 Å². The van der Waals surface area contributed by atoms with Crippen molar-refractivity contribution >= 4 is 23.2 Å². The number of nitrogens with one attached hydrogen (secondary N) is 1. The summed E-state index contributed by atoms with van der Waals surface area (Å²) < 4.78 is 0. The molecule has 1 amide bonds. The van der Waals surface area contributed by atoms with E-state index in [0.29, 0.717) is 5.02 Å². The topological polar surface area (TPSA) is 35.6 Å². The van der Waals surface area contributed by atoms with Crippen LogP contribution in [-0.4, -0.2) is 43.0 Å². The van der Waals surface area contributed by atoms with Crippen LogP contribution in [0.5, 0.6) is 0 Å². The molecule has 0 spiro atoms. The van der Waals surface area contributed by atoms with Crippen LogP contribution in [0.1, 0.15) is 25.5 Å². The Balaban J connectivity index is 1.53. The number of hydrogen-bond acceptors (Lipinski definition) is 3. The van der Waals surface area contributed by atoms with Crippen molar-refractivity contribution in [3.8, 4) is 0 Å². The first-order valence-corrected chi connectivity index (χ1v) is 9.52. The van der Waals surface area contributed by atoms with Gasteiger partial charge in [0.2, 0.25) is 5.91 Å². The summed E-state index contributed by atoms with van der Waals surface area (Å²) in [4.78, 5) is 17.1. The first kappa shape index (κ1) is 18.7. The van der Waals surface area contributed by atoms with E-state index in [1.807, 2.05) is 42.2 Å². The maximum atomic E-state index is 12.8. The second-order valence-corrected chi connectivity index (χ2v) is 7.25. The van der Waals surface area contributed by atoms with Gasteiger partial charge in [-0.3, -0.25) is 10.1 Å². The minimum absolute atomic E-state index is 0.0678. The second kappa shape index (κ2) is 8.56. The van der Waals surface area contributed by atoms with E-state index in [4.69, 9.17) is 11.6 Å². The molecule has 5 heteroatoms. The summed E-state index contributed by atoms with van der Waals surface area (Å²) in [6, 6.07) is 18.0. The summed E-state index contributed by atoms with van der Waals surface area (Å²) in [6.45, 7) is 7.24. The number of hydrogen-bond donors (Lipinski definition) is 1. The summed E-state index contributed by atoms with van der Waals surface area (Å²) in [5.74, 6) is 0.159. The first-order chi connectivity index (χ1) is 12.5. The minimum Gasteiger partial charge on any atom is -0.368 e. The van der Waals surface area contributed by atoms with Crippen LogP contribution in [-0.2, 0) is 4.79 Å². The molecule has 1 aliphatic rings. The summed E-state index contributed by atoms with van der Waals surface area (Å²) in [5.41, 5.74) is 2.31. The highest BCUT2D eigenvalue weighted by Crippen LogP contribution is 2.19. The molecular formula is C21H26ClN3O. The van der Waals surface area contributed by atoms with Crippen molar-refractivity contribution in [3.63, 3.8) is 0 Å². The Morgan fingerprint density at radius 3 is 2.35 bits per heavy atom. The van der Waals surface area contributed by atoms with Crippen molar-refractivity contribution in [1.82, 2.24) is 10.2 Å². The van der Waals surface area contributed by atoms with Crippen LogP contribution in [0.25, 0.3) is 0 Å². The number of anilines is 1. The number of carbonyl (C=O) groups excluding carboxylic acids is 1. The predicted octanol–water partition coefficient (Wildman–Crippen LogP) is 3.73. The number of amides is 1. The van der Waals surface area contributed by atoms with Crippen LogP contribution in [0.2, 0.25) is 5.02 Å². The Hall–Kier alpha value is -2.04. The summed E-state index contributed by atoms with van der Waals surface area (Å²) in [6.07, 6.45) is 0. The van der Waals surface area contributed by atoms with Crippen molar-refractivity contribution in [2.45, 2.75) is 25.9 Å². The van der Waals surface area contributed by atoms with Crippen molar-refractivity contribution in [2.24, 2.45) is 0 Å². The molecule has 26 heavy (non-hydrogen) atoms. The van der Waals surface area contributed by atoms with E-state index in [1.165, 1.54) is 5.69 Å². The summed E-state index contributed by atoms with van der Waals surface area (Å²) in [7, 11) is 0. The van der Waals surface area contributed by atoms with E-state index < -0.39 is 0 Å². The van der Waals surface area contributed by atoms with Gasteiger partial charge in [0.15, 0.2) is 0 Å². The van der Waals surface area contributed by atoms with Gasteiger partial charge >= 0.3 is 0 Å². The standard InChI is InChI=1S/C21H26ClN3O/c1-16(18-7-6-8-19(22)15-18)23-17(2)21(26)25-13-11-24(12-14-25)20-9-4-3-5-10-20/h3-10,15-17,23H,11-14H2,1-2H3. The van der Waals surface area contributed by atoms with E-state index >= 15 is 0 Å². The largest absolute Gasteiger partial charge is 0.368 e. The van der Waals surface area contributed by atoms with Gasteiger partial charge in [0, 0.05) is 42.9 Å². The first-order valence-electron chi connectivity index (χ1n) is 9.15. The Morgan fingerprint density at radius 1 is 1.00 bits per heavy atom. The third-order valence-electron chi connectivity index (χ3n) is 4.93. The van der Waals surface area contributed by atoms with Crippen LogP contribution in [0.4, 0.5) is 5.69 Å². The molecule has 2 aromatic rings. The van der Waals surface area contributed by atoms with E-state index in [9.17, 15) is 4.79 Å². The van der Waals surface area contributed by atoms with Gasteiger partial charge in [-0.05, 0) is 43.7 Å². The van der Waals surface area contributed by atoms with Gasteiger partial charge in [-0.2, -0.15) is 0 Å². The molecule has 1 N–H and O–H groups in total. The molecule has 1 saturated heterocycles. The van der Waals surface area contributed by atoms with Crippen LogP contribution < -0.4 is 10.2 Å². The maximum absolute atomic E-state index is 12.8. The zero-order valence-electron chi connectivity index (χ0n) is 15.4. The molecule has 2 aromatic carbocycles. The highest BCUT2D eigenvalue weighted by atomic mass is 35.5. The molecule has 0 saturated carbocycles. The summed E-state index contributed by atoms with van der Waals surface area (Å²) in [5, 5.41) is 4.11. The third-order valence-corrected chi connectivity index (χ3v) is 5.17. The number of rotatable bonds is 5. The average molecular weight is 372 g/mol. The van der Waals surface area contributed by atoms with E-state index in [2.05, 4.69) is 41.4 Å². The van der Waals surface area contributed by atoms with Gasteiger partial charge in [0.05, 0.1) is 6.04 Å². The lowest BCUT2D eigenvalue weighted by Crippen LogP contribution is -2.53. The molecule has 0 bridgehead atoms. The normalized spacial score (nSPS) is 17.0. The smallest absolute Gasteiger partial charge is 0.239 e. The minimum atomic E-state index is -0.229. The fraction of sp³-hybridized carbons (Fsp3) is 0.381. The molecule has 0 aromatic heterocycles. The average Bonchev–Trinajstić information content (AvgIpc) is 2.68. The monoisotopic (exact) mass is 371 g/mol. The van der Waals surface area contributed by atoms with Crippen molar-refractivity contribution in [1.29, 1.82) is 0 Å². The predicted molar refractivity (Wildman–Crippen MR) is 108 cm³/mol. The molecule has 2 unspecified atom stereocenters. The molecule has 138 valence electrons. The number of carbonyl (C=O) groups is 1. The Kier molecular flexibility index (Phi) is 6.17. The van der Waals surface area contributed by atoms with Gasteiger partial charge in [0.25, 0.3) is 0 Å². The van der Waals surface area contributed by atoms with Crippen LogP contribution in [0, 0.1) is 0 Å². The Morgan fingerprint density at radius 2 is 1.69 bits per heavy atom. The number of benzene rings is 2. The van der Waals surface area contributed by atoms with E-state index in [0.717, 1.165) is 31.7 Å². The van der Waals surface area contributed by atoms with Gasteiger partial charge in [0.1, 0.15) is 0 Å². The van der Waals surface area contributed by atoms with Crippen molar-refractivity contribution < 1.29 is 4.79 Å². The van der Waals surface area contributed by atoms with E-state index in [-0.39, 0.29) is 18.0 Å². The Bertz CT molecular complexity index is 729. The van der Waals surface area contributed by atoms with Gasteiger partial charge < -0.3 is 9.80 Å². The number of piperazine rings is 1. The third kappa shape index (κ3) is 4.57. The summed E-state index contributed by atoms with van der Waals surface area (Å²) >= 11 is 6.07. The number of halogens is 1. The second-order valence-electron chi connectivity index (χ2n) is 6.81. The fourth-order valence-corrected chi connectivity index (χ4v) is 3.61. The van der Waals surface area contributed by atoms with Crippen LogP contribution in [0.3, 0.4) is 0 Å². The maximum Gasteiger partial charge on any atom is 0.239 e. The van der Waals surface area contributed by atoms with Crippen molar-refractivity contribution in [3.05, 3.63) is 65.2 Å². The molecule has 1 heterocycles. The number of para-hydroxylation sites is 1. The lowest BCUT2D eigenvalue weighted by molar-refractivity contribution is -0.133. The van der Waals surface area contributed by atoms with Crippen molar-refractivity contribution in [2.75, 3.05) is 31.1 Å². The SMILES string of the molecule is CC(NC(C)c1cccc(Cl)c1)C(=O)N1CCN(c2ccccc2)CC1.